The van der Waals surface area contributed by atoms with Crippen molar-refractivity contribution in [3.05, 3.63) is 52.3 Å². The summed E-state index contributed by atoms with van der Waals surface area (Å²) in [6.45, 7) is 1.38. The van der Waals surface area contributed by atoms with E-state index in [9.17, 15) is 9.18 Å². The van der Waals surface area contributed by atoms with Crippen LogP contribution < -0.4 is 5.32 Å². The van der Waals surface area contributed by atoms with E-state index >= 15 is 0 Å². The molecule has 2 aromatic rings. The minimum atomic E-state index is -0.309. The molecule has 0 radical (unpaired) electrons. The summed E-state index contributed by atoms with van der Waals surface area (Å²) in [5.74, 6) is -0.561. The summed E-state index contributed by atoms with van der Waals surface area (Å²) in [5.41, 5.74) is 1.92. The Balaban J connectivity index is 2.44. The number of hydrogen-bond donors (Lipinski definition) is 1. The van der Waals surface area contributed by atoms with E-state index in [0.717, 1.165) is 11.1 Å². The smallest absolute Gasteiger partial charge is 0.221 e. The zero-order valence-corrected chi connectivity index (χ0v) is 11.5. The number of carbonyl (C=O) groups is 1. The van der Waals surface area contributed by atoms with Crippen LogP contribution in [0, 0.1) is 5.82 Å². The summed E-state index contributed by atoms with van der Waals surface area (Å²) < 4.78 is 12.9. The highest BCUT2D eigenvalue weighted by Crippen LogP contribution is 2.35. The maximum atomic E-state index is 12.9. The molecule has 19 heavy (non-hydrogen) atoms. The van der Waals surface area contributed by atoms with Gasteiger partial charge in [-0.05, 0) is 35.4 Å². The highest BCUT2D eigenvalue weighted by Gasteiger charge is 2.10. The highest BCUT2D eigenvalue weighted by atomic mass is 35.5. The molecule has 2 nitrogen and oxygen atoms in total. The van der Waals surface area contributed by atoms with E-state index in [2.05, 4.69) is 5.32 Å². The normalized spacial score (nSPS) is 10.3. The fraction of sp³-hybridized carbons (Fsp3) is 0.0714. The van der Waals surface area contributed by atoms with Crippen LogP contribution in [0.1, 0.15) is 6.92 Å². The molecule has 0 heterocycles. The Morgan fingerprint density at radius 2 is 1.58 bits per heavy atom. The lowest BCUT2D eigenvalue weighted by molar-refractivity contribution is -0.114. The first-order chi connectivity index (χ1) is 8.97. The van der Waals surface area contributed by atoms with Gasteiger partial charge in [-0.25, -0.2) is 4.39 Å². The molecule has 1 amide bonds. The molecule has 1 N–H and O–H groups in total. The average molecular weight is 298 g/mol. The molecule has 2 rings (SSSR count). The summed E-state index contributed by atoms with van der Waals surface area (Å²) in [5, 5.41) is 3.24. The van der Waals surface area contributed by atoms with Gasteiger partial charge in [0, 0.05) is 6.92 Å². The van der Waals surface area contributed by atoms with Crippen molar-refractivity contribution in [3.63, 3.8) is 0 Å². The molecule has 0 unspecified atom stereocenters. The molecule has 0 aliphatic heterocycles. The van der Waals surface area contributed by atoms with E-state index in [4.69, 9.17) is 23.2 Å². The molecular weight excluding hydrogens is 288 g/mol. The predicted molar refractivity (Wildman–Crippen MR) is 76.2 cm³/mol. The van der Waals surface area contributed by atoms with E-state index in [1.165, 1.54) is 19.1 Å². The number of carbonyl (C=O) groups excluding carboxylic acids is 1. The quantitative estimate of drug-likeness (QED) is 0.851. The SMILES string of the molecule is CC(=O)Nc1c(Cl)cc(-c2ccc(F)cc2)cc1Cl. The molecule has 0 saturated carbocycles. The third-order valence-electron chi connectivity index (χ3n) is 2.52. The van der Waals surface area contributed by atoms with Crippen molar-refractivity contribution in [1.82, 2.24) is 0 Å². The first kappa shape index (κ1) is 13.8. The summed E-state index contributed by atoms with van der Waals surface area (Å²) in [6, 6.07) is 9.33. The average Bonchev–Trinajstić information content (AvgIpc) is 2.34. The van der Waals surface area contributed by atoms with E-state index < -0.39 is 0 Å². The highest BCUT2D eigenvalue weighted by molar-refractivity contribution is 6.40. The molecule has 98 valence electrons. The molecule has 0 aromatic heterocycles. The minimum Gasteiger partial charge on any atom is -0.324 e. The van der Waals surface area contributed by atoms with Crippen LogP contribution in [0.4, 0.5) is 10.1 Å². The number of benzene rings is 2. The second-order valence-electron chi connectivity index (χ2n) is 4.00. The minimum absolute atomic E-state index is 0.252. The van der Waals surface area contributed by atoms with Gasteiger partial charge in [0.05, 0.1) is 15.7 Å². The van der Waals surface area contributed by atoms with E-state index in [-0.39, 0.29) is 11.7 Å². The number of nitrogens with one attached hydrogen (secondary N) is 1. The molecule has 0 saturated heterocycles. The molecule has 0 spiro atoms. The molecule has 2 aromatic carbocycles. The van der Waals surface area contributed by atoms with Gasteiger partial charge in [-0.15, -0.1) is 0 Å². The van der Waals surface area contributed by atoms with Crippen LogP contribution >= 0.6 is 23.2 Å². The number of halogens is 3. The van der Waals surface area contributed by atoms with Gasteiger partial charge in [-0.3, -0.25) is 4.79 Å². The summed E-state index contributed by atoms with van der Waals surface area (Å²) >= 11 is 12.2. The standard InChI is InChI=1S/C14H10Cl2FNO/c1-8(19)18-14-12(15)6-10(7-13(14)16)9-2-4-11(17)5-3-9/h2-7H,1H3,(H,18,19). The number of hydrogen-bond acceptors (Lipinski definition) is 1. The van der Waals surface area contributed by atoms with Crippen LogP contribution in [-0.4, -0.2) is 5.91 Å². The molecule has 0 bridgehead atoms. The second kappa shape index (κ2) is 5.59. The molecule has 0 aliphatic carbocycles. The lowest BCUT2D eigenvalue weighted by atomic mass is 10.1. The first-order valence-corrected chi connectivity index (χ1v) is 6.25. The Kier molecular flexibility index (Phi) is 4.08. The van der Waals surface area contributed by atoms with Crippen molar-refractivity contribution in [2.75, 3.05) is 5.32 Å². The molecular formula is C14H10Cl2FNO. The maximum Gasteiger partial charge on any atom is 0.221 e. The topological polar surface area (TPSA) is 29.1 Å². The van der Waals surface area contributed by atoms with Crippen molar-refractivity contribution in [2.45, 2.75) is 6.92 Å². The number of rotatable bonds is 2. The van der Waals surface area contributed by atoms with Crippen LogP contribution in [0.15, 0.2) is 36.4 Å². The van der Waals surface area contributed by atoms with Crippen molar-refractivity contribution < 1.29 is 9.18 Å². The van der Waals surface area contributed by atoms with Gasteiger partial charge >= 0.3 is 0 Å². The lowest BCUT2D eigenvalue weighted by Crippen LogP contribution is -2.06. The fourth-order valence-electron chi connectivity index (χ4n) is 1.68. The number of amides is 1. The fourth-order valence-corrected chi connectivity index (χ4v) is 2.26. The van der Waals surface area contributed by atoms with Crippen molar-refractivity contribution >= 4 is 34.8 Å². The Labute approximate surface area is 120 Å². The van der Waals surface area contributed by atoms with Gasteiger partial charge in [0.2, 0.25) is 5.91 Å². The molecule has 0 fully saturated rings. The summed E-state index contributed by atoms with van der Waals surface area (Å²) in [6.07, 6.45) is 0. The Bertz CT molecular complexity index is 603. The molecule has 0 aliphatic rings. The zero-order chi connectivity index (χ0) is 14.0. The van der Waals surface area contributed by atoms with Crippen LogP contribution in [0.3, 0.4) is 0 Å². The molecule has 0 atom stereocenters. The van der Waals surface area contributed by atoms with E-state index in [1.54, 1.807) is 24.3 Å². The monoisotopic (exact) mass is 297 g/mol. The first-order valence-electron chi connectivity index (χ1n) is 5.50. The third-order valence-corrected chi connectivity index (χ3v) is 3.12. The van der Waals surface area contributed by atoms with Crippen molar-refractivity contribution in [2.24, 2.45) is 0 Å². The van der Waals surface area contributed by atoms with Gasteiger partial charge in [0.15, 0.2) is 0 Å². The molecule has 5 heteroatoms. The maximum absolute atomic E-state index is 12.9. The Morgan fingerprint density at radius 3 is 2.05 bits per heavy atom. The number of anilines is 1. The van der Waals surface area contributed by atoms with Crippen LogP contribution in [0.2, 0.25) is 10.0 Å². The van der Waals surface area contributed by atoms with Gasteiger partial charge in [-0.1, -0.05) is 35.3 Å². The largest absolute Gasteiger partial charge is 0.324 e. The second-order valence-corrected chi connectivity index (χ2v) is 4.82. The Hall–Kier alpha value is -1.58. The van der Waals surface area contributed by atoms with E-state index in [0.29, 0.717) is 15.7 Å². The van der Waals surface area contributed by atoms with Gasteiger partial charge in [0.1, 0.15) is 5.82 Å². The predicted octanol–water partition coefficient (Wildman–Crippen LogP) is 4.76. The van der Waals surface area contributed by atoms with Gasteiger partial charge in [-0.2, -0.15) is 0 Å². The lowest BCUT2D eigenvalue weighted by Gasteiger charge is -2.10. The van der Waals surface area contributed by atoms with Gasteiger partial charge < -0.3 is 5.32 Å². The van der Waals surface area contributed by atoms with Crippen LogP contribution in [0.25, 0.3) is 11.1 Å². The van der Waals surface area contributed by atoms with Crippen LogP contribution in [-0.2, 0) is 4.79 Å². The summed E-state index contributed by atoms with van der Waals surface area (Å²) in [7, 11) is 0. The third kappa shape index (κ3) is 3.25. The Morgan fingerprint density at radius 1 is 1.05 bits per heavy atom. The van der Waals surface area contributed by atoms with E-state index in [1.807, 2.05) is 0 Å². The van der Waals surface area contributed by atoms with Crippen molar-refractivity contribution in [3.8, 4) is 11.1 Å². The van der Waals surface area contributed by atoms with Crippen molar-refractivity contribution in [1.29, 1.82) is 0 Å². The zero-order valence-electron chi connectivity index (χ0n) is 10.0. The van der Waals surface area contributed by atoms with Crippen LogP contribution in [0.5, 0.6) is 0 Å². The summed E-state index contributed by atoms with van der Waals surface area (Å²) in [4.78, 5) is 11.0. The van der Waals surface area contributed by atoms with Gasteiger partial charge in [0.25, 0.3) is 0 Å².